The molecule has 0 bridgehead atoms. The number of hydrogen-bond acceptors (Lipinski definition) is 3. The lowest BCUT2D eigenvalue weighted by Crippen LogP contribution is -2.27. The van der Waals surface area contributed by atoms with E-state index in [2.05, 4.69) is 38.3 Å². The Morgan fingerprint density at radius 3 is 2.53 bits per heavy atom. The summed E-state index contributed by atoms with van der Waals surface area (Å²) in [6.07, 6.45) is 0.940. The summed E-state index contributed by atoms with van der Waals surface area (Å²) in [5, 5.41) is 0. The van der Waals surface area contributed by atoms with Crippen molar-refractivity contribution in [2.45, 2.75) is 33.2 Å². The van der Waals surface area contributed by atoms with Crippen LogP contribution in [0.3, 0.4) is 0 Å². The van der Waals surface area contributed by atoms with Crippen LogP contribution in [0.1, 0.15) is 36.1 Å². The summed E-state index contributed by atoms with van der Waals surface area (Å²) in [5.41, 5.74) is 6.36. The van der Waals surface area contributed by atoms with Gasteiger partial charge in [-0.25, -0.2) is 0 Å². The van der Waals surface area contributed by atoms with Gasteiger partial charge in [0.1, 0.15) is 5.75 Å². The average molecular weight is 208 g/mol. The Hall–Kier alpha value is -1.06. The highest BCUT2D eigenvalue weighted by molar-refractivity contribution is 5.46. The minimum Gasteiger partial charge on any atom is -0.496 e. The maximum atomic E-state index is 5.52. The van der Waals surface area contributed by atoms with E-state index in [0.717, 1.165) is 17.7 Å². The number of hydrogen-bond donors (Lipinski definition) is 2. The van der Waals surface area contributed by atoms with Gasteiger partial charge in [-0.1, -0.05) is 19.1 Å². The summed E-state index contributed by atoms with van der Waals surface area (Å²) in [5.74, 6) is 6.47. The molecule has 15 heavy (non-hydrogen) atoms. The molecule has 0 heterocycles. The van der Waals surface area contributed by atoms with Crippen LogP contribution in [0.4, 0.5) is 0 Å². The van der Waals surface area contributed by atoms with Gasteiger partial charge in [0.25, 0.3) is 0 Å². The molecule has 1 aromatic carbocycles. The monoisotopic (exact) mass is 208 g/mol. The van der Waals surface area contributed by atoms with Crippen molar-refractivity contribution in [2.24, 2.45) is 5.84 Å². The van der Waals surface area contributed by atoms with E-state index in [0.29, 0.717) is 0 Å². The zero-order chi connectivity index (χ0) is 11.4. The third-order valence-electron chi connectivity index (χ3n) is 2.90. The maximum Gasteiger partial charge on any atom is 0.126 e. The molecule has 3 N–H and O–H groups in total. The highest BCUT2D eigenvalue weighted by Gasteiger charge is 2.15. The molecule has 1 atom stereocenters. The number of ether oxygens (including phenoxy) is 1. The van der Waals surface area contributed by atoms with Crippen LogP contribution in [0.15, 0.2) is 12.1 Å². The number of methoxy groups -OCH3 is 1. The van der Waals surface area contributed by atoms with Crippen LogP contribution < -0.4 is 16.0 Å². The molecule has 0 aliphatic heterocycles. The number of rotatable bonds is 4. The van der Waals surface area contributed by atoms with Crippen molar-refractivity contribution < 1.29 is 4.74 Å². The predicted octanol–water partition coefficient (Wildman–Crippen LogP) is 2.23. The topological polar surface area (TPSA) is 47.3 Å². The van der Waals surface area contributed by atoms with Gasteiger partial charge in [0, 0.05) is 11.6 Å². The molecule has 0 radical (unpaired) electrons. The Morgan fingerprint density at radius 1 is 1.40 bits per heavy atom. The minimum absolute atomic E-state index is 0.152. The Kier molecular flexibility index (Phi) is 4.12. The van der Waals surface area contributed by atoms with Crippen molar-refractivity contribution in [3.63, 3.8) is 0 Å². The highest BCUT2D eigenvalue weighted by atomic mass is 16.5. The zero-order valence-electron chi connectivity index (χ0n) is 9.92. The third kappa shape index (κ3) is 2.30. The first-order valence-electron chi connectivity index (χ1n) is 5.25. The minimum atomic E-state index is 0.152. The molecule has 1 aromatic rings. The van der Waals surface area contributed by atoms with Gasteiger partial charge in [0.15, 0.2) is 0 Å². The van der Waals surface area contributed by atoms with Gasteiger partial charge < -0.3 is 4.74 Å². The van der Waals surface area contributed by atoms with Gasteiger partial charge in [0.2, 0.25) is 0 Å². The number of aryl methyl sites for hydroxylation is 1. The molecule has 3 heteroatoms. The molecule has 0 aliphatic rings. The molecule has 0 saturated carbocycles. The first-order valence-corrected chi connectivity index (χ1v) is 5.25. The molecule has 84 valence electrons. The number of nitrogens with two attached hydrogens (primary N) is 1. The second kappa shape index (κ2) is 5.14. The van der Waals surface area contributed by atoms with Crippen molar-refractivity contribution in [1.82, 2.24) is 5.43 Å². The lowest BCUT2D eigenvalue weighted by Gasteiger charge is -2.20. The fourth-order valence-corrected chi connectivity index (χ4v) is 1.78. The van der Waals surface area contributed by atoms with E-state index in [-0.39, 0.29) is 6.04 Å². The van der Waals surface area contributed by atoms with E-state index < -0.39 is 0 Å². The Labute approximate surface area is 91.6 Å². The summed E-state index contributed by atoms with van der Waals surface area (Å²) >= 11 is 0. The largest absolute Gasteiger partial charge is 0.496 e. The molecule has 3 nitrogen and oxygen atoms in total. The average Bonchev–Trinajstić information content (AvgIpc) is 2.25. The molecule has 0 saturated heterocycles. The van der Waals surface area contributed by atoms with Crippen molar-refractivity contribution in [3.05, 3.63) is 28.8 Å². The van der Waals surface area contributed by atoms with Crippen LogP contribution in [-0.4, -0.2) is 7.11 Å². The molecular weight excluding hydrogens is 188 g/mol. The van der Waals surface area contributed by atoms with E-state index in [9.17, 15) is 0 Å². The van der Waals surface area contributed by atoms with E-state index in [1.165, 1.54) is 11.1 Å². The number of benzene rings is 1. The van der Waals surface area contributed by atoms with E-state index in [1.54, 1.807) is 7.11 Å². The van der Waals surface area contributed by atoms with Crippen LogP contribution in [0.25, 0.3) is 0 Å². The molecule has 0 aromatic heterocycles. The Morgan fingerprint density at radius 2 is 2.07 bits per heavy atom. The first-order chi connectivity index (χ1) is 7.15. The Balaban J connectivity index is 3.23. The summed E-state index contributed by atoms with van der Waals surface area (Å²) in [7, 11) is 1.70. The van der Waals surface area contributed by atoms with E-state index in [4.69, 9.17) is 10.6 Å². The van der Waals surface area contributed by atoms with Crippen LogP contribution >= 0.6 is 0 Å². The van der Waals surface area contributed by atoms with Crippen molar-refractivity contribution in [2.75, 3.05) is 7.11 Å². The lowest BCUT2D eigenvalue weighted by molar-refractivity contribution is 0.394. The molecular formula is C12H20N2O. The fourth-order valence-electron chi connectivity index (χ4n) is 1.78. The van der Waals surface area contributed by atoms with Gasteiger partial charge in [-0.2, -0.15) is 0 Å². The van der Waals surface area contributed by atoms with Crippen LogP contribution in [0.2, 0.25) is 0 Å². The predicted molar refractivity (Wildman–Crippen MR) is 62.8 cm³/mol. The molecule has 1 rings (SSSR count). The first kappa shape index (κ1) is 12.0. The van der Waals surface area contributed by atoms with Gasteiger partial charge >= 0.3 is 0 Å². The maximum absolute atomic E-state index is 5.52. The quantitative estimate of drug-likeness (QED) is 0.589. The standard InChI is InChI=1S/C12H20N2O/c1-5-11(14-13)10-7-6-8(2)9(3)12(10)15-4/h6-7,11,14H,5,13H2,1-4H3. The second-order valence-electron chi connectivity index (χ2n) is 3.76. The van der Waals surface area contributed by atoms with Crippen LogP contribution in [0, 0.1) is 13.8 Å². The molecule has 0 fully saturated rings. The van der Waals surface area contributed by atoms with Crippen molar-refractivity contribution in [1.29, 1.82) is 0 Å². The summed E-state index contributed by atoms with van der Waals surface area (Å²) in [4.78, 5) is 0. The van der Waals surface area contributed by atoms with Gasteiger partial charge in [-0.15, -0.1) is 0 Å². The fraction of sp³-hybridized carbons (Fsp3) is 0.500. The lowest BCUT2D eigenvalue weighted by atomic mass is 9.98. The number of nitrogens with one attached hydrogen (secondary N) is 1. The second-order valence-corrected chi connectivity index (χ2v) is 3.76. The van der Waals surface area contributed by atoms with Gasteiger partial charge in [-0.3, -0.25) is 11.3 Å². The number of hydrazine groups is 1. The van der Waals surface area contributed by atoms with Crippen LogP contribution in [-0.2, 0) is 0 Å². The Bertz CT molecular complexity index is 333. The van der Waals surface area contributed by atoms with Crippen molar-refractivity contribution in [3.8, 4) is 5.75 Å². The molecule has 1 unspecified atom stereocenters. The van der Waals surface area contributed by atoms with E-state index >= 15 is 0 Å². The van der Waals surface area contributed by atoms with Crippen molar-refractivity contribution >= 4 is 0 Å². The van der Waals surface area contributed by atoms with Gasteiger partial charge in [0.05, 0.1) is 7.11 Å². The summed E-state index contributed by atoms with van der Waals surface area (Å²) in [6.45, 7) is 6.25. The molecule has 0 amide bonds. The normalized spacial score (nSPS) is 12.6. The molecule has 0 spiro atoms. The highest BCUT2D eigenvalue weighted by Crippen LogP contribution is 2.31. The molecule has 0 aliphatic carbocycles. The van der Waals surface area contributed by atoms with Gasteiger partial charge in [-0.05, 0) is 31.4 Å². The SMILES string of the molecule is CCC(NN)c1ccc(C)c(C)c1OC. The summed E-state index contributed by atoms with van der Waals surface area (Å²) < 4.78 is 5.45. The van der Waals surface area contributed by atoms with E-state index in [1.807, 2.05) is 0 Å². The third-order valence-corrected chi connectivity index (χ3v) is 2.90. The smallest absolute Gasteiger partial charge is 0.126 e. The summed E-state index contributed by atoms with van der Waals surface area (Å²) in [6, 6.07) is 4.34. The van der Waals surface area contributed by atoms with Crippen LogP contribution in [0.5, 0.6) is 5.75 Å². The zero-order valence-corrected chi connectivity index (χ0v) is 9.92.